The van der Waals surface area contributed by atoms with Crippen LogP contribution in [0.5, 0.6) is 0 Å². The van der Waals surface area contributed by atoms with E-state index in [1.54, 1.807) is 32.4 Å². The number of hydrogen-bond donors (Lipinski definition) is 2. The van der Waals surface area contributed by atoms with Crippen LogP contribution in [-0.2, 0) is 0 Å². The molecule has 1 atom stereocenters. The van der Waals surface area contributed by atoms with Crippen molar-refractivity contribution >= 4 is 33.0 Å². The Hall–Kier alpha value is -1.66. The number of aromatic nitrogens is 1. The molecule has 0 spiro atoms. The van der Waals surface area contributed by atoms with Crippen LogP contribution in [0.25, 0.3) is 10.1 Å². The summed E-state index contributed by atoms with van der Waals surface area (Å²) >= 11 is 1.33. The highest BCUT2D eigenvalue weighted by Gasteiger charge is 2.20. The summed E-state index contributed by atoms with van der Waals surface area (Å²) in [6.45, 7) is 1.92. The Balaban J connectivity index is 2.36. The van der Waals surface area contributed by atoms with E-state index in [1.807, 2.05) is 0 Å². The highest BCUT2D eigenvalue weighted by Crippen LogP contribution is 2.33. The number of thiophene rings is 1. The number of hydrogen-bond acceptors (Lipinski definition) is 5. The van der Waals surface area contributed by atoms with Gasteiger partial charge in [0.25, 0.3) is 5.91 Å². The number of nitrogens with two attached hydrogens (primary N) is 1. The molecule has 0 aliphatic heterocycles. The lowest BCUT2D eigenvalue weighted by molar-refractivity contribution is 0.0709. The fraction of sp³-hybridized carbons (Fsp3) is 0.333. The first kappa shape index (κ1) is 12.8. The van der Waals surface area contributed by atoms with Gasteiger partial charge in [-0.2, -0.15) is 0 Å². The maximum atomic E-state index is 12.2. The van der Waals surface area contributed by atoms with Gasteiger partial charge in [-0.05, 0) is 13.0 Å². The molecule has 1 unspecified atom stereocenters. The Labute approximate surface area is 109 Å². The Kier molecular flexibility index (Phi) is 3.49. The zero-order valence-electron chi connectivity index (χ0n) is 10.3. The second-order valence-electron chi connectivity index (χ2n) is 4.25. The van der Waals surface area contributed by atoms with E-state index in [9.17, 15) is 9.90 Å². The number of fused-ring (bicyclic) bond motifs is 1. The summed E-state index contributed by atoms with van der Waals surface area (Å²) in [5.74, 6) is -0.172. The highest BCUT2D eigenvalue weighted by atomic mass is 32.1. The van der Waals surface area contributed by atoms with Crippen LogP contribution >= 0.6 is 11.3 Å². The molecule has 0 saturated carbocycles. The number of pyridine rings is 1. The van der Waals surface area contributed by atoms with E-state index < -0.39 is 6.10 Å². The predicted octanol–water partition coefficient (Wildman–Crippen LogP) is 1.33. The van der Waals surface area contributed by atoms with E-state index in [0.717, 1.165) is 10.1 Å². The minimum atomic E-state index is -0.559. The molecule has 2 rings (SSSR count). The second kappa shape index (κ2) is 4.91. The largest absolute Gasteiger partial charge is 0.397 e. The molecular formula is C12H15N3O2S. The van der Waals surface area contributed by atoms with Crippen LogP contribution in [0.4, 0.5) is 5.69 Å². The second-order valence-corrected chi connectivity index (χ2v) is 5.30. The molecule has 18 heavy (non-hydrogen) atoms. The van der Waals surface area contributed by atoms with Crippen molar-refractivity contribution < 1.29 is 9.90 Å². The Bertz CT molecular complexity index is 580. The van der Waals surface area contributed by atoms with E-state index in [0.29, 0.717) is 10.6 Å². The van der Waals surface area contributed by atoms with Gasteiger partial charge in [0.05, 0.1) is 16.5 Å². The molecule has 0 saturated heterocycles. The van der Waals surface area contributed by atoms with Crippen molar-refractivity contribution in [1.29, 1.82) is 0 Å². The summed E-state index contributed by atoms with van der Waals surface area (Å²) < 4.78 is 0.892. The van der Waals surface area contributed by atoms with Gasteiger partial charge >= 0.3 is 0 Å². The van der Waals surface area contributed by atoms with Crippen LogP contribution in [0.15, 0.2) is 18.5 Å². The monoisotopic (exact) mass is 265 g/mol. The molecule has 2 aromatic rings. The van der Waals surface area contributed by atoms with Crippen molar-refractivity contribution in [3.05, 3.63) is 23.3 Å². The van der Waals surface area contributed by atoms with Gasteiger partial charge in [-0.15, -0.1) is 11.3 Å². The number of anilines is 1. The van der Waals surface area contributed by atoms with Gasteiger partial charge in [-0.3, -0.25) is 9.78 Å². The normalized spacial score (nSPS) is 12.6. The molecule has 2 heterocycles. The fourth-order valence-electron chi connectivity index (χ4n) is 1.78. The summed E-state index contributed by atoms with van der Waals surface area (Å²) in [5, 5.41) is 10.1. The predicted molar refractivity (Wildman–Crippen MR) is 72.7 cm³/mol. The maximum absolute atomic E-state index is 12.2. The Morgan fingerprint density at radius 2 is 2.39 bits per heavy atom. The average molecular weight is 265 g/mol. The summed E-state index contributed by atoms with van der Waals surface area (Å²) in [7, 11) is 1.65. The third kappa shape index (κ3) is 2.30. The van der Waals surface area contributed by atoms with E-state index in [1.165, 1.54) is 16.2 Å². The lowest BCUT2D eigenvalue weighted by Gasteiger charge is -2.18. The number of amides is 1. The van der Waals surface area contributed by atoms with Crippen LogP contribution < -0.4 is 5.73 Å². The summed E-state index contributed by atoms with van der Waals surface area (Å²) in [4.78, 5) is 18.2. The van der Waals surface area contributed by atoms with Gasteiger partial charge in [-0.1, -0.05) is 0 Å². The minimum absolute atomic E-state index is 0.172. The lowest BCUT2D eigenvalue weighted by atomic mass is 10.2. The first-order valence-electron chi connectivity index (χ1n) is 5.56. The van der Waals surface area contributed by atoms with Crippen molar-refractivity contribution in [3.63, 3.8) is 0 Å². The molecule has 0 radical (unpaired) electrons. The molecule has 0 bridgehead atoms. The number of aliphatic hydroxyl groups is 1. The zero-order chi connectivity index (χ0) is 13.3. The summed E-state index contributed by atoms with van der Waals surface area (Å²) in [6.07, 6.45) is 2.79. The summed E-state index contributed by atoms with van der Waals surface area (Å²) in [6, 6.07) is 1.80. The van der Waals surface area contributed by atoms with Crippen molar-refractivity contribution in [2.45, 2.75) is 13.0 Å². The van der Waals surface area contributed by atoms with Crippen LogP contribution in [0.2, 0.25) is 0 Å². The van der Waals surface area contributed by atoms with Gasteiger partial charge in [-0.25, -0.2) is 0 Å². The van der Waals surface area contributed by atoms with Crippen molar-refractivity contribution in [3.8, 4) is 0 Å². The molecule has 2 aromatic heterocycles. The third-order valence-electron chi connectivity index (χ3n) is 2.61. The molecular weight excluding hydrogens is 250 g/mol. The highest BCUT2D eigenvalue weighted by molar-refractivity contribution is 7.21. The number of aliphatic hydroxyl groups excluding tert-OH is 1. The molecule has 96 valence electrons. The van der Waals surface area contributed by atoms with E-state index >= 15 is 0 Å². The molecule has 6 heteroatoms. The molecule has 0 aliphatic carbocycles. The topological polar surface area (TPSA) is 79.5 Å². The molecule has 0 aromatic carbocycles. The zero-order valence-corrected chi connectivity index (χ0v) is 11.1. The maximum Gasteiger partial charge on any atom is 0.265 e. The average Bonchev–Trinajstić information content (AvgIpc) is 2.66. The van der Waals surface area contributed by atoms with Crippen LogP contribution in [0.1, 0.15) is 16.6 Å². The molecule has 0 aliphatic rings. The Morgan fingerprint density at radius 3 is 3.00 bits per heavy atom. The van der Waals surface area contributed by atoms with Gasteiger partial charge < -0.3 is 15.7 Å². The number of nitrogen functional groups attached to an aromatic ring is 1. The molecule has 0 fully saturated rings. The quantitative estimate of drug-likeness (QED) is 0.877. The first-order valence-corrected chi connectivity index (χ1v) is 6.38. The van der Waals surface area contributed by atoms with E-state index in [4.69, 9.17) is 5.73 Å². The minimum Gasteiger partial charge on any atom is -0.397 e. The van der Waals surface area contributed by atoms with E-state index in [-0.39, 0.29) is 12.5 Å². The summed E-state index contributed by atoms with van der Waals surface area (Å²) in [5.41, 5.74) is 6.47. The van der Waals surface area contributed by atoms with E-state index in [2.05, 4.69) is 4.98 Å². The smallest absolute Gasteiger partial charge is 0.265 e. The van der Waals surface area contributed by atoms with Crippen molar-refractivity contribution in [1.82, 2.24) is 9.88 Å². The number of likely N-dealkylation sites (N-methyl/N-ethyl adjacent to an activating group) is 1. The van der Waals surface area contributed by atoms with Crippen molar-refractivity contribution in [2.75, 3.05) is 19.3 Å². The van der Waals surface area contributed by atoms with Gasteiger partial charge in [0.1, 0.15) is 4.88 Å². The standard InChI is InChI=1S/C12H15N3O2S/c1-7(16)6-15(2)12(17)11-10(13)8-3-4-14-5-9(8)18-11/h3-5,7,16H,6,13H2,1-2H3. The number of nitrogens with zero attached hydrogens (tertiary/aromatic N) is 2. The third-order valence-corrected chi connectivity index (χ3v) is 3.75. The number of carbonyl (C=O) groups excluding carboxylic acids is 1. The fourth-order valence-corrected chi connectivity index (χ4v) is 2.87. The van der Waals surface area contributed by atoms with Crippen LogP contribution in [0, 0.1) is 0 Å². The van der Waals surface area contributed by atoms with Crippen molar-refractivity contribution in [2.24, 2.45) is 0 Å². The SMILES string of the molecule is CC(O)CN(C)C(=O)c1sc2cnccc2c1N. The number of carbonyl (C=O) groups is 1. The molecule has 1 amide bonds. The van der Waals surface area contributed by atoms with Gasteiger partial charge in [0.2, 0.25) is 0 Å². The number of rotatable bonds is 3. The van der Waals surface area contributed by atoms with Crippen LogP contribution in [-0.4, -0.2) is 40.6 Å². The van der Waals surface area contributed by atoms with Gasteiger partial charge in [0, 0.05) is 31.4 Å². The first-order chi connectivity index (χ1) is 8.50. The molecule has 5 nitrogen and oxygen atoms in total. The van der Waals surface area contributed by atoms with Gasteiger partial charge in [0.15, 0.2) is 0 Å². The van der Waals surface area contributed by atoms with Crippen LogP contribution in [0.3, 0.4) is 0 Å². The lowest BCUT2D eigenvalue weighted by Crippen LogP contribution is -2.32. The Morgan fingerprint density at radius 1 is 1.67 bits per heavy atom. The molecule has 3 N–H and O–H groups in total.